The first-order chi connectivity index (χ1) is 7.63. The minimum absolute atomic E-state index is 0.165. The standard InChI is InChI=1S/C13H15NO2/c1-3-14-7-6-11-8-10(4-5-12(11)14)9(2)13(15)16/h4-5,8H,2-3,6-7H2,1H3,(H,15,16). The molecule has 0 saturated carbocycles. The molecule has 0 amide bonds. The van der Waals surface area contributed by atoms with Crippen LogP contribution in [0, 0.1) is 0 Å². The van der Waals surface area contributed by atoms with Crippen molar-refractivity contribution in [1.29, 1.82) is 0 Å². The third-order valence-corrected chi connectivity index (χ3v) is 3.06. The Balaban J connectivity index is 2.35. The molecule has 1 N–H and O–H groups in total. The predicted octanol–water partition coefficient (Wildman–Crippen LogP) is 2.17. The summed E-state index contributed by atoms with van der Waals surface area (Å²) in [5.41, 5.74) is 3.33. The number of likely N-dealkylation sites (N-methyl/N-ethyl adjacent to an activating group) is 1. The van der Waals surface area contributed by atoms with Crippen LogP contribution in [-0.4, -0.2) is 24.2 Å². The van der Waals surface area contributed by atoms with Gasteiger partial charge in [0.2, 0.25) is 0 Å². The quantitative estimate of drug-likeness (QED) is 0.789. The molecule has 0 atom stereocenters. The van der Waals surface area contributed by atoms with E-state index in [0.717, 1.165) is 19.5 Å². The molecule has 0 bridgehead atoms. The summed E-state index contributed by atoms with van der Waals surface area (Å²) in [4.78, 5) is 13.1. The zero-order valence-electron chi connectivity index (χ0n) is 9.36. The minimum Gasteiger partial charge on any atom is -0.478 e. The largest absolute Gasteiger partial charge is 0.478 e. The highest BCUT2D eigenvalue weighted by molar-refractivity contribution is 6.14. The van der Waals surface area contributed by atoms with E-state index < -0.39 is 5.97 Å². The maximum Gasteiger partial charge on any atom is 0.335 e. The molecule has 1 aromatic carbocycles. The van der Waals surface area contributed by atoms with Crippen molar-refractivity contribution in [2.24, 2.45) is 0 Å². The summed E-state index contributed by atoms with van der Waals surface area (Å²) in [7, 11) is 0. The first kappa shape index (κ1) is 10.7. The number of carboxylic acid groups (broad SMARTS) is 1. The Morgan fingerprint density at radius 1 is 1.56 bits per heavy atom. The SMILES string of the molecule is C=C(C(=O)O)c1ccc2c(c1)CCN2CC. The maximum absolute atomic E-state index is 10.8. The van der Waals surface area contributed by atoms with Crippen LogP contribution in [-0.2, 0) is 11.2 Å². The molecule has 1 aliphatic heterocycles. The Morgan fingerprint density at radius 2 is 2.31 bits per heavy atom. The molecule has 0 spiro atoms. The van der Waals surface area contributed by atoms with Crippen molar-refractivity contribution in [3.05, 3.63) is 35.9 Å². The van der Waals surface area contributed by atoms with Gasteiger partial charge in [0, 0.05) is 18.8 Å². The Hall–Kier alpha value is -1.77. The van der Waals surface area contributed by atoms with E-state index in [1.54, 1.807) is 0 Å². The summed E-state index contributed by atoms with van der Waals surface area (Å²) in [5, 5.41) is 8.87. The summed E-state index contributed by atoms with van der Waals surface area (Å²) < 4.78 is 0. The van der Waals surface area contributed by atoms with E-state index in [4.69, 9.17) is 5.11 Å². The van der Waals surface area contributed by atoms with E-state index in [0.29, 0.717) is 5.56 Å². The lowest BCUT2D eigenvalue weighted by Gasteiger charge is -2.16. The van der Waals surface area contributed by atoms with Gasteiger partial charge in [0.25, 0.3) is 0 Å². The number of fused-ring (bicyclic) bond motifs is 1. The molecule has 1 aliphatic rings. The highest BCUT2D eigenvalue weighted by Crippen LogP contribution is 2.30. The number of carbonyl (C=O) groups is 1. The van der Waals surface area contributed by atoms with E-state index in [-0.39, 0.29) is 5.57 Å². The van der Waals surface area contributed by atoms with Crippen LogP contribution in [0.3, 0.4) is 0 Å². The Labute approximate surface area is 95.0 Å². The number of hydrogen-bond donors (Lipinski definition) is 1. The topological polar surface area (TPSA) is 40.5 Å². The first-order valence-electron chi connectivity index (χ1n) is 5.44. The zero-order chi connectivity index (χ0) is 11.7. The molecule has 1 aromatic rings. The molecule has 84 valence electrons. The van der Waals surface area contributed by atoms with Gasteiger partial charge in [0.1, 0.15) is 0 Å². The number of aliphatic carboxylic acids is 1. The molecule has 0 unspecified atom stereocenters. The van der Waals surface area contributed by atoms with Gasteiger partial charge in [0.15, 0.2) is 0 Å². The van der Waals surface area contributed by atoms with Gasteiger partial charge in [-0.25, -0.2) is 4.79 Å². The normalized spacial score (nSPS) is 13.7. The number of nitrogens with zero attached hydrogens (tertiary/aromatic N) is 1. The van der Waals surface area contributed by atoms with Gasteiger partial charge in [-0.3, -0.25) is 0 Å². The second kappa shape index (κ2) is 4.00. The molecule has 3 heteroatoms. The van der Waals surface area contributed by atoms with Gasteiger partial charge in [-0.2, -0.15) is 0 Å². The van der Waals surface area contributed by atoms with E-state index >= 15 is 0 Å². The second-order valence-electron chi connectivity index (χ2n) is 3.96. The van der Waals surface area contributed by atoms with Crippen LogP contribution in [0.1, 0.15) is 18.1 Å². The maximum atomic E-state index is 10.8. The Morgan fingerprint density at radius 3 is 2.94 bits per heavy atom. The first-order valence-corrected chi connectivity index (χ1v) is 5.44. The van der Waals surface area contributed by atoms with Crippen molar-refractivity contribution in [3.8, 4) is 0 Å². The van der Waals surface area contributed by atoms with Crippen LogP contribution < -0.4 is 4.90 Å². The smallest absolute Gasteiger partial charge is 0.335 e. The van der Waals surface area contributed by atoms with Crippen molar-refractivity contribution >= 4 is 17.2 Å². The lowest BCUT2D eigenvalue weighted by molar-refractivity contribution is -0.130. The summed E-state index contributed by atoms with van der Waals surface area (Å²) >= 11 is 0. The molecule has 0 aromatic heterocycles. The van der Waals surface area contributed by atoms with Crippen molar-refractivity contribution in [1.82, 2.24) is 0 Å². The molecule has 0 aliphatic carbocycles. The second-order valence-corrected chi connectivity index (χ2v) is 3.96. The summed E-state index contributed by atoms with van der Waals surface area (Å²) in [6.07, 6.45) is 0.990. The van der Waals surface area contributed by atoms with Crippen molar-refractivity contribution < 1.29 is 9.90 Å². The zero-order valence-corrected chi connectivity index (χ0v) is 9.36. The van der Waals surface area contributed by atoms with Crippen molar-refractivity contribution in [3.63, 3.8) is 0 Å². The van der Waals surface area contributed by atoms with Crippen LogP contribution >= 0.6 is 0 Å². The van der Waals surface area contributed by atoms with Crippen LogP contribution in [0.4, 0.5) is 5.69 Å². The van der Waals surface area contributed by atoms with Crippen LogP contribution in [0.25, 0.3) is 5.57 Å². The van der Waals surface area contributed by atoms with E-state index in [1.807, 2.05) is 18.2 Å². The van der Waals surface area contributed by atoms with Crippen LogP contribution in [0.5, 0.6) is 0 Å². The van der Waals surface area contributed by atoms with E-state index in [2.05, 4.69) is 18.4 Å². The molecule has 16 heavy (non-hydrogen) atoms. The van der Waals surface area contributed by atoms with Gasteiger partial charge >= 0.3 is 5.97 Å². The monoisotopic (exact) mass is 217 g/mol. The average molecular weight is 217 g/mol. The van der Waals surface area contributed by atoms with Gasteiger partial charge in [-0.15, -0.1) is 0 Å². The van der Waals surface area contributed by atoms with Gasteiger partial charge in [-0.1, -0.05) is 12.6 Å². The fourth-order valence-corrected chi connectivity index (χ4v) is 2.11. The summed E-state index contributed by atoms with van der Waals surface area (Å²) in [5.74, 6) is -0.953. The fraction of sp³-hybridized carbons (Fsp3) is 0.308. The van der Waals surface area contributed by atoms with Crippen LogP contribution in [0.2, 0.25) is 0 Å². The number of hydrogen-bond acceptors (Lipinski definition) is 2. The highest BCUT2D eigenvalue weighted by Gasteiger charge is 2.18. The number of carboxylic acids is 1. The van der Waals surface area contributed by atoms with E-state index in [9.17, 15) is 4.79 Å². The number of benzene rings is 1. The Bertz CT molecular complexity index is 451. The van der Waals surface area contributed by atoms with Crippen molar-refractivity contribution in [2.75, 3.05) is 18.0 Å². The number of anilines is 1. The lowest BCUT2D eigenvalue weighted by Crippen LogP contribution is -2.19. The third kappa shape index (κ3) is 1.69. The molecule has 3 nitrogen and oxygen atoms in total. The minimum atomic E-state index is -0.953. The predicted molar refractivity (Wildman–Crippen MR) is 64.7 cm³/mol. The molecule has 0 radical (unpaired) electrons. The fourth-order valence-electron chi connectivity index (χ4n) is 2.11. The Kier molecular flexibility index (Phi) is 2.69. The average Bonchev–Trinajstić information content (AvgIpc) is 2.69. The van der Waals surface area contributed by atoms with Gasteiger partial charge < -0.3 is 10.0 Å². The summed E-state index contributed by atoms with van der Waals surface area (Å²) in [6, 6.07) is 5.78. The van der Waals surface area contributed by atoms with Crippen LogP contribution in [0.15, 0.2) is 24.8 Å². The lowest BCUT2D eigenvalue weighted by atomic mass is 10.0. The van der Waals surface area contributed by atoms with Crippen molar-refractivity contribution in [2.45, 2.75) is 13.3 Å². The molecular weight excluding hydrogens is 202 g/mol. The molecule has 1 heterocycles. The van der Waals surface area contributed by atoms with Gasteiger partial charge in [0.05, 0.1) is 5.57 Å². The number of rotatable bonds is 3. The van der Waals surface area contributed by atoms with Gasteiger partial charge in [-0.05, 0) is 36.6 Å². The highest BCUT2D eigenvalue weighted by atomic mass is 16.4. The summed E-state index contributed by atoms with van der Waals surface area (Å²) in [6.45, 7) is 7.72. The molecule has 0 saturated heterocycles. The molecular formula is C13H15NO2. The molecule has 2 rings (SSSR count). The third-order valence-electron chi connectivity index (χ3n) is 3.06. The molecule has 0 fully saturated rings. The van der Waals surface area contributed by atoms with E-state index in [1.165, 1.54) is 11.3 Å².